The van der Waals surface area contributed by atoms with Gasteiger partial charge in [0, 0.05) is 30.5 Å². The van der Waals surface area contributed by atoms with E-state index in [2.05, 4.69) is 26.2 Å². The van der Waals surface area contributed by atoms with Gasteiger partial charge in [0.15, 0.2) is 5.13 Å². The summed E-state index contributed by atoms with van der Waals surface area (Å²) in [4.78, 5) is 31.9. The number of aryl methyl sites for hydroxylation is 1. The summed E-state index contributed by atoms with van der Waals surface area (Å²) >= 11 is 4.85. The quantitative estimate of drug-likeness (QED) is 0.464. The molecule has 8 nitrogen and oxygen atoms in total. The van der Waals surface area contributed by atoms with Crippen LogP contribution < -0.4 is 10.2 Å². The maximum Gasteiger partial charge on any atom is 0.245 e. The van der Waals surface area contributed by atoms with Crippen molar-refractivity contribution < 1.29 is 18.0 Å². The van der Waals surface area contributed by atoms with Crippen LogP contribution in [0.25, 0.3) is 10.2 Å². The highest BCUT2D eigenvalue weighted by Gasteiger charge is 2.38. The van der Waals surface area contributed by atoms with Crippen molar-refractivity contribution >= 4 is 70.1 Å². The first-order chi connectivity index (χ1) is 17.2. The third-order valence-corrected chi connectivity index (χ3v) is 10.0. The van der Waals surface area contributed by atoms with Gasteiger partial charge in [0.2, 0.25) is 21.8 Å². The summed E-state index contributed by atoms with van der Waals surface area (Å²) in [6, 6.07) is 9.38. The van der Waals surface area contributed by atoms with Crippen molar-refractivity contribution in [2.45, 2.75) is 44.4 Å². The Morgan fingerprint density at radius 1 is 1.22 bits per heavy atom. The number of piperidine rings is 1. The van der Waals surface area contributed by atoms with Gasteiger partial charge >= 0.3 is 0 Å². The van der Waals surface area contributed by atoms with Gasteiger partial charge in [0.1, 0.15) is 4.90 Å². The summed E-state index contributed by atoms with van der Waals surface area (Å²) in [7, 11) is -3.93. The SMILES string of the molecule is CCC(=O)N1CCc2cc(Br)cc(S(=O)(=O)N3CCCC(C(=O)Nc4nc5ccc(C)cc5s4)C3)c21. The van der Waals surface area contributed by atoms with Gasteiger partial charge < -0.3 is 10.2 Å². The summed E-state index contributed by atoms with van der Waals surface area (Å²) in [5.74, 6) is -0.821. The Bertz CT molecular complexity index is 1470. The average molecular weight is 592 g/mol. The molecule has 2 aliphatic heterocycles. The van der Waals surface area contributed by atoms with Crippen molar-refractivity contribution in [2.24, 2.45) is 5.92 Å². The number of anilines is 2. The third kappa shape index (κ3) is 4.69. The topological polar surface area (TPSA) is 99.7 Å². The van der Waals surface area contributed by atoms with Crippen LogP contribution in [0.1, 0.15) is 37.3 Å². The Kier molecular flexibility index (Phi) is 6.92. The van der Waals surface area contributed by atoms with E-state index in [1.807, 2.05) is 31.2 Å². The van der Waals surface area contributed by atoms with Crippen molar-refractivity contribution in [3.05, 3.63) is 45.9 Å². The fourth-order valence-corrected chi connectivity index (χ4v) is 8.32. The number of aromatic nitrogens is 1. The van der Waals surface area contributed by atoms with Crippen LogP contribution >= 0.6 is 27.3 Å². The lowest BCUT2D eigenvalue weighted by atomic mass is 9.99. The molecule has 1 saturated heterocycles. The summed E-state index contributed by atoms with van der Waals surface area (Å²) in [6.07, 6.45) is 2.07. The van der Waals surface area contributed by atoms with Crippen LogP contribution in [0.4, 0.5) is 10.8 Å². The maximum absolute atomic E-state index is 13.9. The zero-order chi connectivity index (χ0) is 25.6. The molecule has 1 N–H and O–H groups in total. The second-order valence-corrected chi connectivity index (χ2v) is 13.1. The van der Waals surface area contributed by atoms with Crippen molar-refractivity contribution in [2.75, 3.05) is 29.9 Å². The van der Waals surface area contributed by atoms with E-state index >= 15 is 0 Å². The summed E-state index contributed by atoms with van der Waals surface area (Å²) in [6.45, 7) is 4.66. The molecule has 1 fully saturated rings. The monoisotopic (exact) mass is 590 g/mol. The maximum atomic E-state index is 13.9. The highest BCUT2D eigenvalue weighted by molar-refractivity contribution is 9.10. The molecule has 0 radical (unpaired) electrons. The van der Waals surface area contributed by atoms with Gasteiger partial charge in [0.05, 0.1) is 21.8 Å². The van der Waals surface area contributed by atoms with Crippen molar-refractivity contribution in [3.63, 3.8) is 0 Å². The molecule has 0 saturated carbocycles. The number of carbonyl (C=O) groups is 2. The molecule has 3 aromatic rings. The van der Waals surface area contributed by atoms with Gasteiger partial charge in [0.25, 0.3) is 0 Å². The standard InChI is InChI=1S/C25H27BrN4O4S2/c1-3-22(31)30-10-8-16-12-18(26)13-21(23(16)30)36(33,34)29-9-4-5-17(14-29)24(32)28-25-27-19-7-6-15(2)11-20(19)35-25/h6-7,11-13,17H,3-5,8-10,14H2,1-2H3,(H,27,28,32). The van der Waals surface area contributed by atoms with E-state index in [1.165, 1.54) is 15.6 Å². The Hall–Kier alpha value is -2.34. The molecular formula is C25H27BrN4O4S2. The largest absolute Gasteiger partial charge is 0.310 e. The number of rotatable bonds is 5. The first-order valence-corrected chi connectivity index (χ1v) is 15.0. The molecule has 0 aliphatic carbocycles. The van der Waals surface area contributed by atoms with Crippen LogP contribution in [0.5, 0.6) is 0 Å². The molecule has 1 atom stereocenters. The van der Waals surface area contributed by atoms with E-state index in [1.54, 1.807) is 17.9 Å². The van der Waals surface area contributed by atoms with Crippen LogP contribution in [0.15, 0.2) is 39.7 Å². The molecule has 5 rings (SSSR count). The first-order valence-electron chi connectivity index (χ1n) is 12.0. The fraction of sp³-hybridized carbons (Fsp3) is 0.400. The lowest BCUT2D eigenvalue weighted by molar-refractivity contribution is -0.121. The van der Waals surface area contributed by atoms with Gasteiger partial charge in [-0.1, -0.05) is 40.3 Å². The van der Waals surface area contributed by atoms with Crippen LogP contribution in [0.3, 0.4) is 0 Å². The second-order valence-electron chi connectivity index (χ2n) is 9.24. The number of fused-ring (bicyclic) bond motifs is 2. The first kappa shape index (κ1) is 25.3. The molecule has 190 valence electrons. The van der Waals surface area contributed by atoms with E-state index < -0.39 is 15.9 Å². The van der Waals surface area contributed by atoms with Crippen LogP contribution in [0, 0.1) is 12.8 Å². The molecular weight excluding hydrogens is 564 g/mol. The second kappa shape index (κ2) is 9.85. The highest BCUT2D eigenvalue weighted by atomic mass is 79.9. The molecule has 0 spiro atoms. The molecule has 0 bridgehead atoms. The lowest BCUT2D eigenvalue weighted by Crippen LogP contribution is -2.44. The van der Waals surface area contributed by atoms with Gasteiger partial charge in [-0.15, -0.1) is 0 Å². The Labute approximate surface area is 222 Å². The zero-order valence-electron chi connectivity index (χ0n) is 20.1. The molecule has 2 amide bonds. The minimum Gasteiger partial charge on any atom is -0.310 e. The van der Waals surface area contributed by atoms with E-state index in [9.17, 15) is 18.0 Å². The minimum atomic E-state index is -3.93. The molecule has 3 heterocycles. The predicted molar refractivity (Wildman–Crippen MR) is 145 cm³/mol. The zero-order valence-corrected chi connectivity index (χ0v) is 23.3. The van der Waals surface area contributed by atoms with Gasteiger partial charge in [-0.2, -0.15) is 4.31 Å². The number of thiazole rings is 1. The Morgan fingerprint density at radius 3 is 2.81 bits per heavy atom. The van der Waals surface area contributed by atoms with Gasteiger partial charge in [-0.05, 0) is 61.6 Å². The summed E-state index contributed by atoms with van der Waals surface area (Å²) < 4.78 is 30.7. The number of nitrogens with zero attached hydrogens (tertiary/aromatic N) is 3. The number of halogens is 1. The molecule has 11 heteroatoms. The Morgan fingerprint density at radius 2 is 2.03 bits per heavy atom. The third-order valence-electron chi connectivity index (χ3n) is 6.74. The van der Waals surface area contributed by atoms with Gasteiger partial charge in [-0.25, -0.2) is 13.4 Å². The number of sulfonamides is 1. The summed E-state index contributed by atoms with van der Waals surface area (Å²) in [5, 5.41) is 3.41. The number of hydrogen-bond donors (Lipinski definition) is 1. The number of benzene rings is 2. The lowest BCUT2D eigenvalue weighted by Gasteiger charge is -2.32. The van der Waals surface area contributed by atoms with E-state index in [0.717, 1.165) is 21.3 Å². The fourth-order valence-electron chi connectivity index (χ4n) is 4.91. The van der Waals surface area contributed by atoms with Crippen LogP contribution in [0.2, 0.25) is 0 Å². The van der Waals surface area contributed by atoms with Crippen LogP contribution in [-0.2, 0) is 26.0 Å². The molecule has 1 unspecified atom stereocenters. The van der Waals surface area contributed by atoms with Crippen molar-refractivity contribution in [1.82, 2.24) is 9.29 Å². The van der Waals surface area contributed by atoms with E-state index in [4.69, 9.17) is 0 Å². The van der Waals surface area contributed by atoms with Gasteiger partial charge in [-0.3, -0.25) is 9.59 Å². The number of hydrogen-bond acceptors (Lipinski definition) is 6. The molecule has 2 aromatic carbocycles. The number of carbonyl (C=O) groups excluding carboxylic acids is 2. The highest BCUT2D eigenvalue weighted by Crippen LogP contribution is 2.40. The van der Waals surface area contributed by atoms with Crippen molar-refractivity contribution in [1.29, 1.82) is 0 Å². The normalized spacial score (nSPS) is 18.4. The van der Waals surface area contributed by atoms with Crippen molar-refractivity contribution in [3.8, 4) is 0 Å². The minimum absolute atomic E-state index is 0.0845. The number of amides is 2. The predicted octanol–water partition coefficient (Wildman–Crippen LogP) is 4.71. The molecule has 2 aliphatic rings. The Balaban J connectivity index is 1.39. The molecule has 1 aromatic heterocycles. The van der Waals surface area contributed by atoms with E-state index in [-0.39, 0.29) is 23.3 Å². The summed E-state index contributed by atoms with van der Waals surface area (Å²) in [5.41, 5.74) is 3.25. The van der Waals surface area contributed by atoms with E-state index in [0.29, 0.717) is 54.1 Å². The number of nitrogens with one attached hydrogen (secondary N) is 1. The average Bonchev–Trinajstić information content (AvgIpc) is 3.46. The smallest absolute Gasteiger partial charge is 0.245 e. The van der Waals surface area contributed by atoms with Crippen LogP contribution in [-0.4, -0.2) is 49.2 Å². The molecule has 36 heavy (non-hydrogen) atoms.